The highest BCUT2D eigenvalue weighted by atomic mass is 79.9. The second-order valence-corrected chi connectivity index (χ2v) is 5.12. The van der Waals surface area contributed by atoms with Crippen LogP contribution in [0.4, 0.5) is 11.4 Å². The molecule has 0 radical (unpaired) electrons. The second-order valence-electron chi connectivity index (χ2n) is 4.26. The maximum Gasteiger partial charge on any atom is 0.229 e. The van der Waals surface area contributed by atoms with Crippen LogP contribution < -0.4 is 11.1 Å². The smallest absolute Gasteiger partial charge is 0.229 e. The standard InChI is InChI=1S/C12H15BrN2O2/c1-7-4-9(13)11(10(14)5-7)15-12(16)8-2-3-17-6-8/h4-5,8H,2-3,6,14H2,1H3,(H,15,16). The summed E-state index contributed by atoms with van der Waals surface area (Å²) in [4.78, 5) is 11.9. The number of benzene rings is 1. The van der Waals surface area contributed by atoms with Gasteiger partial charge in [-0.25, -0.2) is 0 Å². The number of carbonyl (C=O) groups excluding carboxylic acids is 1. The van der Waals surface area contributed by atoms with Crippen molar-refractivity contribution in [2.75, 3.05) is 24.3 Å². The molecule has 1 heterocycles. The Morgan fingerprint density at radius 1 is 1.59 bits per heavy atom. The van der Waals surface area contributed by atoms with Gasteiger partial charge in [0, 0.05) is 11.1 Å². The molecule has 1 fully saturated rings. The lowest BCUT2D eigenvalue weighted by Crippen LogP contribution is -2.23. The van der Waals surface area contributed by atoms with E-state index in [2.05, 4.69) is 21.2 Å². The largest absolute Gasteiger partial charge is 0.397 e. The molecule has 0 saturated carbocycles. The first-order valence-electron chi connectivity index (χ1n) is 5.52. The summed E-state index contributed by atoms with van der Waals surface area (Å²) in [5, 5.41) is 2.86. The predicted octanol–water partition coefficient (Wildman–Crippen LogP) is 2.31. The van der Waals surface area contributed by atoms with Gasteiger partial charge in [-0.3, -0.25) is 4.79 Å². The van der Waals surface area contributed by atoms with Crippen LogP contribution >= 0.6 is 15.9 Å². The number of halogens is 1. The van der Waals surface area contributed by atoms with Crippen molar-refractivity contribution in [1.29, 1.82) is 0 Å². The van der Waals surface area contributed by atoms with Crippen molar-refractivity contribution in [1.82, 2.24) is 0 Å². The fourth-order valence-corrected chi connectivity index (χ4v) is 2.56. The number of hydrogen-bond donors (Lipinski definition) is 2. The van der Waals surface area contributed by atoms with E-state index < -0.39 is 0 Å². The lowest BCUT2D eigenvalue weighted by atomic mass is 10.1. The van der Waals surface area contributed by atoms with Gasteiger partial charge in [0.25, 0.3) is 0 Å². The molecule has 0 spiro atoms. The number of anilines is 2. The minimum atomic E-state index is -0.0670. The molecule has 1 unspecified atom stereocenters. The van der Waals surface area contributed by atoms with Crippen molar-refractivity contribution in [3.63, 3.8) is 0 Å². The number of ether oxygens (including phenoxy) is 1. The Balaban J connectivity index is 2.15. The van der Waals surface area contributed by atoms with E-state index in [-0.39, 0.29) is 11.8 Å². The van der Waals surface area contributed by atoms with Gasteiger partial charge in [-0.15, -0.1) is 0 Å². The van der Waals surface area contributed by atoms with E-state index in [1.165, 1.54) is 0 Å². The van der Waals surface area contributed by atoms with Gasteiger partial charge >= 0.3 is 0 Å². The molecule has 1 aromatic rings. The molecule has 17 heavy (non-hydrogen) atoms. The monoisotopic (exact) mass is 298 g/mol. The Hall–Kier alpha value is -1.07. The minimum absolute atomic E-state index is 0.0289. The van der Waals surface area contributed by atoms with Crippen molar-refractivity contribution in [3.8, 4) is 0 Å². The molecule has 5 heteroatoms. The lowest BCUT2D eigenvalue weighted by molar-refractivity contribution is -0.119. The third-order valence-electron chi connectivity index (χ3n) is 2.81. The fraction of sp³-hybridized carbons (Fsp3) is 0.417. The van der Waals surface area contributed by atoms with E-state index in [1.807, 2.05) is 19.1 Å². The summed E-state index contributed by atoms with van der Waals surface area (Å²) in [5.41, 5.74) is 8.16. The van der Waals surface area contributed by atoms with Crippen molar-refractivity contribution >= 4 is 33.2 Å². The molecule has 1 saturated heterocycles. The number of nitrogen functional groups attached to an aromatic ring is 1. The lowest BCUT2D eigenvalue weighted by Gasteiger charge is -2.13. The van der Waals surface area contributed by atoms with E-state index in [0.717, 1.165) is 16.5 Å². The summed E-state index contributed by atoms with van der Waals surface area (Å²) in [7, 11) is 0. The molecule has 0 aromatic heterocycles. The van der Waals surface area contributed by atoms with Crippen molar-refractivity contribution < 1.29 is 9.53 Å². The summed E-state index contributed by atoms with van der Waals surface area (Å²) in [6, 6.07) is 3.77. The van der Waals surface area contributed by atoms with Crippen LogP contribution in [0.1, 0.15) is 12.0 Å². The first kappa shape index (κ1) is 12.4. The van der Waals surface area contributed by atoms with Crippen LogP contribution in [0.25, 0.3) is 0 Å². The highest BCUT2D eigenvalue weighted by Crippen LogP contribution is 2.31. The molecular formula is C12H15BrN2O2. The van der Waals surface area contributed by atoms with Gasteiger partial charge < -0.3 is 15.8 Å². The molecule has 1 aliphatic rings. The van der Waals surface area contributed by atoms with Crippen LogP contribution in [-0.2, 0) is 9.53 Å². The predicted molar refractivity (Wildman–Crippen MR) is 70.8 cm³/mol. The van der Waals surface area contributed by atoms with Gasteiger partial charge in [-0.2, -0.15) is 0 Å². The van der Waals surface area contributed by atoms with Crippen molar-refractivity contribution in [2.45, 2.75) is 13.3 Å². The maximum atomic E-state index is 11.9. The van der Waals surface area contributed by atoms with Gasteiger partial charge in [0.1, 0.15) is 0 Å². The Bertz CT molecular complexity index is 419. The van der Waals surface area contributed by atoms with Gasteiger partial charge in [0.15, 0.2) is 0 Å². The van der Waals surface area contributed by atoms with Crippen LogP contribution in [0.15, 0.2) is 16.6 Å². The molecule has 1 aliphatic heterocycles. The molecule has 0 bridgehead atoms. The van der Waals surface area contributed by atoms with E-state index in [9.17, 15) is 4.79 Å². The molecule has 1 atom stereocenters. The van der Waals surface area contributed by atoms with Crippen molar-refractivity contribution in [3.05, 3.63) is 22.2 Å². The summed E-state index contributed by atoms with van der Waals surface area (Å²) >= 11 is 3.41. The third-order valence-corrected chi connectivity index (χ3v) is 3.44. The molecule has 0 aliphatic carbocycles. The minimum Gasteiger partial charge on any atom is -0.397 e. The topological polar surface area (TPSA) is 64.3 Å². The van der Waals surface area contributed by atoms with E-state index in [1.54, 1.807) is 0 Å². The third kappa shape index (κ3) is 2.79. The van der Waals surface area contributed by atoms with Crippen LogP contribution in [-0.4, -0.2) is 19.1 Å². The Morgan fingerprint density at radius 3 is 2.94 bits per heavy atom. The van der Waals surface area contributed by atoms with E-state index in [4.69, 9.17) is 10.5 Å². The molecule has 2 rings (SSSR count). The summed E-state index contributed by atoms with van der Waals surface area (Å²) in [5.74, 6) is -0.0960. The fourth-order valence-electron chi connectivity index (χ4n) is 1.87. The Kier molecular flexibility index (Phi) is 3.69. The Labute approximate surface area is 109 Å². The van der Waals surface area contributed by atoms with Crippen LogP contribution in [0.5, 0.6) is 0 Å². The quantitative estimate of drug-likeness (QED) is 0.824. The number of hydrogen-bond acceptors (Lipinski definition) is 3. The average molecular weight is 299 g/mol. The highest BCUT2D eigenvalue weighted by molar-refractivity contribution is 9.10. The number of aryl methyl sites for hydroxylation is 1. The van der Waals surface area contributed by atoms with Gasteiger partial charge in [-0.1, -0.05) is 0 Å². The van der Waals surface area contributed by atoms with E-state index >= 15 is 0 Å². The zero-order chi connectivity index (χ0) is 12.4. The SMILES string of the molecule is Cc1cc(N)c(NC(=O)C2CCOC2)c(Br)c1. The first-order chi connectivity index (χ1) is 8.08. The maximum absolute atomic E-state index is 11.9. The van der Waals surface area contributed by atoms with Crippen molar-refractivity contribution in [2.24, 2.45) is 5.92 Å². The second kappa shape index (κ2) is 5.06. The number of amides is 1. The zero-order valence-corrected chi connectivity index (χ0v) is 11.2. The molecule has 1 amide bonds. The first-order valence-corrected chi connectivity index (χ1v) is 6.31. The van der Waals surface area contributed by atoms with Crippen LogP contribution in [0.2, 0.25) is 0 Å². The van der Waals surface area contributed by atoms with Gasteiger partial charge in [0.05, 0.1) is 23.9 Å². The van der Waals surface area contributed by atoms with Crippen LogP contribution in [0, 0.1) is 12.8 Å². The van der Waals surface area contributed by atoms with Gasteiger partial charge in [0.2, 0.25) is 5.91 Å². The molecule has 1 aromatic carbocycles. The number of nitrogens with two attached hydrogens (primary N) is 1. The molecule has 92 valence electrons. The van der Waals surface area contributed by atoms with Crippen LogP contribution in [0.3, 0.4) is 0 Å². The summed E-state index contributed by atoms with van der Waals surface area (Å²) in [6.07, 6.45) is 0.773. The number of nitrogens with one attached hydrogen (secondary N) is 1. The highest BCUT2D eigenvalue weighted by Gasteiger charge is 2.24. The van der Waals surface area contributed by atoms with Gasteiger partial charge in [-0.05, 0) is 47.0 Å². The normalized spacial score (nSPS) is 19.3. The number of carbonyl (C=O) groups is 1. The van der Waals surface area contributed by atoms with E-state index in [0.29, 0.717) is 24.6 Å². The number of rotatable bonds is 2. The summed E-state index contributed by atoms with van der Waals surface area (Å²) < 4.78 is 6.00. The average Bonchev–Trinajstić information content (AvgIpc) is 2.76. The Morgan fingerprint density at radius 2 is 2.35 bits per heavy atom. The molecule has 3 N–H and O–H groups in total. The zero-order valence-electron chi connectivity index (χ0n) is 9.63. The molecular weight excluding hydrogens is 284 g/mol. The molecule has 4 nitrogen and oxygen atoms in total. The summed E-state index contributed by atoms with van der Waals surface area (Å²) in [6.45, 7) is 3.11.